The van der Waals surface area contributed by atoms with Crippen LogP contribution < -0.4 is 5.32 Å². The minimum absolute atomic E-state index is 0.696. The first-order valence-corrected chi connectivity index (χ1v) is 5.38. The lowest BCUT2D eigenvalue weighted by Gasteiger charge is -2.22. The SMILES string of the molecule is C/C=C\C1=C(C)C(C)CC=C1CNC. The molecule has 1 rings (SSSR count). The predicted molar refractivity (Wildman–Crippen MR) is 63.3 cm³/mol. The molecule has 1 heteroatoms. The molecule has 1 aliphatic rings. The normalized spacial score (nSPS) is 23.1. The summed E-state index contributed by atoms with van der Waals surface area (Å²) in [5.74, 6) is 0.696. The van der Waals surface area contributed by atoms with Gasteiger partial charge in [-0.3, -0.25) is 0 Å². The fourth-order valence-corrected chi connectivity index (χ4v) is 1.89. The molecular weight excluding hydrogens is 170 g/mol. The summed E-state index contributed by atoms with van der Waals surface area (Å²) in [4.78, 5) is 0. The summed E-state index contributed by atoms with van der Waals surface area (Å²) in [5.41, 5.74) is 4.40. The molecule has 1 nitrogen and oxygen atoms in total. The molecule has 0 aromatic heterocycles. The lowest BCUT2D eigenvalue weighted by Crippen LogP contribution is -2.16. The zero-order chi connectivity index (χ0) is 10.6. The first-order chi connectivity index (χ1) is 6.70. The maximum absolute atomic E-state index is 3.22. The summed E-state index contributed by atoms with van der Waals surface area (Å²) in [7, 11) is 2.00. The Hall–Kier alpha value is -0.820. The first kappa shape index (κ1) is 11.3. The second-order valence-corrected chi connectivity index (χ2v) is 3.99. The van der Waals surface area contributed by atoms with Gasteiger partial charge in [0.2, 0.25) is 0 Å². The van der Waals surface area contributed by atoms with Gasteiger partial charge in [0, 0.05) is 6.54 Å². The second kappa shape index (κ2) is 5.16. The molecule has 0 heterocycles. The van der Waals surface area contributed by atoms with E-state index in [0.29, 0.717) is 5.92 Å². The topological polar surface area (TPSA) is 12.0 Å². The average Bonchev–Trinajstić information content (AvgIpc) is 2.18. The van der Waals surface area contributed by atoms with Gasteiger partial charge >= 0.3 is 0 Å². The van der Waals surface area contributed by atoms with Crippen molar-refractivity contribution in [1.29, 1.82) is 0 Å². The quantitative estimate of drug-likeness (QED) is 0.723. The van der Waals surface area contributed by atoms with E-state index in [1.165, 1.54) is 23.1 Å². The van der Waals surface area contributed by atoms with Crippen LogP contribution in [0, 0.1) is 5.92 Å². The Labute approximate surface area is 87.6 Å². The Kier molecular flexibility index (Phi) is 4.15. The van der Waals surface area contributed by atoms with E-state index >= 15 is 0 Å². The van der Waals surface area contributed by atoms with Crippen LogP contribution in [-0.4, -0.2) is 13.6 Å². The monoisotopic (exact) mass is 191 g/mol. The van der Waals surface area contributed by atoms with Gasteiger partial charge < -0.3 is 5.32 Å². The number of nitrogens with one attached hydrogen (secondary N) is 1. The lowest BCUT2D eigenvalue weighted by atomic mass is 9.84. The molecular formula is C13H21N. The number of hydrogen-bond donors (Lipinski definition) is 1. The van der Waals surface area contributed by atoms with Gasteiger partial charge in [-0.2, -0.15) is 0 Å². The van der Waals surface area contributed by atoms with Crippen LogP contribution in [0.3, 0.4) is 0 Å². The highest BCUT2D eigenvalue weighted by molar-refractivity contribution is 5.46. The van der Waals surface area contributed by atoms with Gasteiger partial charge in [0.05, 0.1) is 0 Å². The molecule has 0 aromatic rings. The molecule has 0 aliphatic heterocycles. The van der Waals surface area contributed by atoms with E-state index in [-0.39, 0.29) is 0 Å². The maximum Gasteiger partial charge on any atom is 0.0205 e. The molecule has 0 spiro atoms. The lowest BCUT2D eigenvalue weighted by molar-refractivity contribution is 0.668. The summed E-state index contributed by atoms with van der Waals surface area (Å²) in [5, 5.41) is 3.22. The summed E-state index contributed by atoms with van der Waals surface area (Å²) in [6.07, 6.45) is 7.90. The highest BCUT2D eigenvalue weighted by Crippen LogP contribution is 2.29. The molecule has 1 N–H and O–H groups in total. The molecule has 0 saturated carbocycles. The van der Waals surface area contributed by atoms with E-state index in [9.17, 15) is 0 Å². The molecule has 0 amide bonds. The fourth-order valence-electron chi connectivity index (χ4n) is 1.89. The molecule has 0 saturated heterocycles. The first-order valence-electron chi connectivity index (χ1n) is 5.38. The van der Waals surface area contributed by atoms with Crippen LogP contribution in [-0.2, 0) is 0 Å². The van der Waals surface area contributed by atoms with Gasteiger partial charge in [0.15, 0.2) is 0 Å². The van der Waals surface area contributed by atoms with Crippen LogP contribution >= 0.6 is 0 Å². The Morgan fingerprint density at radius 2 is 2.29 bits per heavy atom. The van der Waals surface area contributed by atoms with E-state index in [1.54, 1.807) is 0 Å². The van der Waals surface area contributed by atoms with Crippen molar-refractivity contribution >= 4 is 0 Å². The predicted octanol–water partition coefficient (Wildman–Crippen LogP) is 3.06. The summed E-state index contributed by atoms with van der Waals surface area (Å²) >= 11 is 0. The maximum atomic E-state index is 3.22. The van der Waals surface area contributed by atoms with Crippen LogP contribution in [0.25, 0.3) is 0 Å². The van der Waals surface area contributed by atoms with Crippen molar-refractivity contribution in [2.75, 3.05) is 13.6 Å². The van der Waals surface area contributed by atoms with Crippen LogP contribution in [0.5, 0.6) is 0 Å². The van der Waals surface area contributed by atoms with Crippen LogP contribution in [0.4, 0.5) is 0 Å². The molecule has 0 aromatic carbocycles. The van der Waals surface area contributed by atoms with E-state index in [2.05, 4.69) is 44.3 Å². The van der Waals surface area contributed by atoms with E-state index in [0.717, 1.165) is 6.54 Å². The minimum Gasteiger partial charge on any atom is -0.316 e. The number of allylic oxidation sites excluding steroid dienone is 4. The van der Waals surface area contributed by atoms with Crippen molar-refractivity contribution in [2.45, 2.75) is 27.2 Å². The zero-order valence-electron chi connectivity index (χ0n) is 9.72. The van der Waals surface area contributed by atoms with Crippen molar-refractivity contribution in [1.82, 2.24) is 5.32 Å². The highest BCUT2D eigenvalue weighted by Gasteiger charge is 2.15. The summed E-state index contributed by atoms with van der Waals surface area (Å²) < 4.78 is 0. The third kappa shape index (κ3) is 2.36. The average molecular weight is 191 g/mol. The molecule has 1 unspecified atom stereocenters. The smallest absolute Gasteiger partial charge is 0.0205 e. The third-order valence-electron chi connectivity index (χ3n) is 2.93. The third-order valence-corrected chi connectivity index (χ3v) is 2.93. The fraction of sp³-hybridized carbons (Fsp3) is 0.538. The molecule has 1 aliphatic carbocycles. The van der Waals surface area contributed by atoms with Crippen LogP contribution in [0.15, 0.2) is 34.9 Å². The van der Waals surface area contributed by atoms with Crippen LogP contribution in [0.2, 0.25) is 0 Å². The van der Waals surface area contributed by atoms with Gasteiger partial charge in [-0.05, 0) is 44.4 Å². The largest absolute Gasteiger partial charge is 0.316 e. The van der Waals surface area contributed by atoms with Crippen molar-refractivity contribution in [3.63, 3.8) is 0 Å². The molecule has 14 heavy (non-hydrogen) atoms. The Bertz CT molecular complexity index is 282. The van der Waals surface area contributed by atoms with Crippen molar-refractivity contribution in [3.8, 4) is 0 Å². The molecule has 0 bridgehead atoms. The van der Waals surface area contributed by atoms with Crippen molar-refractivity contribution < 1.29 is 0 Å². The van der Waals surface area contributed by atoms with E-state index in [4.69, 9.17) is 0 Å². The Morgan fingerprint density at radius 3 is 2.86 bits per heavy atom. The number of hydrogen-bond acceptors (Lipinski definition) is 1. The highest BCUT2D eigenvalue weighted by atomic mass is 14.8. The van der Waals surface area contributed by atoms with Gasteiger partial charge in [-0.25, -0.2) is 0 Å². The molecule has 78 valence electrons. The zero-order valence-corrected chi connectivity index (χ0v) is 9.72. The van der Waals surface area contributed by atoms with Gasteiger partial charge in [-0.1, -0.05) is 30.7 Å². The summed E-state index contributed by atoms with van der Waals surface area (Å²) in [6.45, 7) is 7.61. The van der Waals surface area contributed by atoms with Gasteiger partial charge in [0.25, 0.3) is 0 Å². The van der Waals surface area contributed by atoms with Crippen molar-refractivity contribution in [3.05, 3.63) is 34.9 Å². The standard InChI is InChI=1S/C13H21N/c1-5-6-13-11(3)10(2)7-8-12(13)9-14-4/h5-6,8,10,14H,7,9H2,1-4H3/b6-5-. The van der Waals surface area contributed by atoms with Crippen molar-refractivity contribution in [2.24, 2.45) is 5.92 Å². The molecule has 1 atom stereocenters. The van der Waals surface area contributed by atoms with E-state index in [1.807, 2.05) is 7.05 Å². The summed E-state index contributed by atoms with van der Waals surface area (Å²) in [6, 6.07) is 0. The van der Waals surface area contributed by atoms with E-state index < -0.39 is 0 Å². The molecule has 0 radical (unpaired) electrons. The molecule has 0 fully saturated rings. The second-order valence-electron chi connectivity index (χ2n) is 3.99. The number of likely N-dealkylation sites (N-methyl/N-ethyl adjacent to an activating group) is 1. The van der Waals surface area contributed by atoms with Gasteiger partial charge in [0.1, 0.15) is 0 Å². The Morgan fingerprint density at radius 1 is 1.57 bits per heavy atom. The van der Waals surface area contributed by atoms with Crippen LogP contribution in [0.1, 0.15) is 27.2 Å². The number of rotatable bonds is 3. The minimum atomic E-state index is 0.696. The Balaban J connectivity index is 2.97. The van der Waals surface area contributed by atoms with Gasteiger partial charge in [-0.15, -0.1) is 0 Å².